The third kappa shape index (κ3) is 5.10. The zero-order valence-corrected chi connectivity index (χ0v) is 10.2. The topological polar surface area (TPSA) is 104 Å². The molecular formula is C8H15N3O4S. The highest BCUT2D eigenvalue weighted by molar-refractivity contribution is 7.89. The van der Waals surface area contributed by atoms with Crippen LogP contribution in [-0.4, -0.2) is 43.3 Å². The van der Waals surface area contributed by atoms with Crippen LogP contribution in [0.1, 0.15) is 5.82 Å². The molecule has 92 valence electrons. The van der Waals surface area contributed by atoms with Gasteiger partial charge in [-0.2, -0.15) is 0 Å². The summed E-state index contributed by atoms with van der Waals surface area (Å²) in [4.78, 5) is 13.6. The molecule has 0 spiro atoms. The molecule has 0 aromatic carbocycles. The Morgan fingerprint density at radius 3 is 2.50 bits per heavy atom. The molecule has 0 saturated carbocycles. The van der Waals surface area contributed by atoms with Gasteiger partial charge in [0.05, 0.1) is 19.1 Å². The average Bonchev–Trinajstić information content (AvgIpc) is 2.48. The molecule has 0 bridgehead atoms. The molecule has 16 heavy (non-hydrogen) atoms. The molecule has 1 heterocycles. The van der Waals surface area contributed by atoms with Crippen LogP contribution in [-0.2, 0) is 17.7 Å². The minimum absolute atomic E-state index is 0.0819. The number of imidazole rings is 1. The van der Waals surface area contributed by atoms with Crippen LogP contribution in [0.3, 0.4) is 0 Å². The molecule has 7 nitrogen and oxygen atoms in total. The van der Waals surface area contributed by atoms with Crippen LogP contribution in [0.25, 0.3) is 0 Å². The van der Waals surface area contributed by atoms with Crippen molar-refractivity contribution in [3.05, 3.63) is 22.1 Å². The van der Waals surface area contributed by atoms with Crippen molar-refractivity contribution >= 4 is 17.0 Å². The van der Waals surface area contributed by atoms with Crippen LogP contribution in [0.2, 0.25) is 0 Å². The van der Waals surface area contributed by atoms with Gasteiger partial charge in [0.15, 0.2) is 5.82 Å². The first kappa shape index (κ1) is 14.9. The lowest BCUT2D eigenvalue weighted by atomic mass is 10.6. The lowest BCUT2D eigenvalue weighted by Gasteiger charge is -1.98. The second-order valence-electron chi connectivity index (χ2n) is 3.04. The third-order valence-corrected chi connectivity index (χ3v) is 1.54. The lowest BCUT2D eigenvalue weighted by Crippen LogP contribution is -2.07. The Hall–Kier alpha value is -1.12. The number of aliphatic hydroxyl groups excluding tert-OH is 1. The van der Waals surface area contributed by atoms with Crippen LogP contribution in [0.5, 0.6) is 0 Å². The van der Waals surface area contributed by atoms with Gasteiger partial charge >= 0.3 is 5.82 Å². The van der Waals surface area contributed by atoms with Gasteiger partial charge in [-0.3, -0.25) is 0 Å². The molecule has 0 aliphatic heterocycles. The van der Waals surface area contributed by atoms with Crippen LogP contribution < -0.4 is 0 Å². The minimum atomic E-state index is -0.611. The van der Waals surface area contributed by atoms with Gasteiger partial charge in [-0.15, -0.1) is 0 Å². The molecule has 0 amide bonds. The SMILES string of the molecule is C[S+](C)[O-].Cc1ncc([N+](=O)[O-])n1CCO. The van der Waals surface area contributed by atoms with Crippen LogP contribution in [0.4, 0.5) is 5.82 Å². The monoisotopic (exact) mass is 249 g/mol. The first-order valence-electron chi connectivity index (χ1n) is 4.42. The smallest absolute Gasteiger partial charge is 0.342 e. The average molecular weight is 249 g/mol. The number of hydrogen-bond acceptors (Lipinski definition) is 5. The van der Waals surface area contributed by atoms with Crippen LogP contribution >= 0.6 is 0 Å². The van der Waals surface area contributed by atoms with Gasteiger partial charge < -0.3 is 19.8 Å². The fourth-order valence-electron chi connectivity index (χ4n) is 0.978. The molecule has 1 N–H and O–H groups in total. The highest BCUT2D eigenvalue weighted by atomic mass is 32.2. The van der Waals surface area contributed by atoms with Crippen molar-refractivity contribution in [2.45, 2.75) is 13.5 Å². The molecular weight excluding hydrogens is 234 g/mol. The van der Waals surface area contributed by atoms with Crippen LogP contribution in [0, 0.1) is 17.0 Å². The van der Waals surface area contributed by atoms with E-state index in [1.54, 1.807) is 19.4 Å². The largest absolute Gasteiger partial charge is 0.617 e. The van der Waals surface area contributed by atoms with Crippen molar-refractivity contribution in [1.29, 1.82) is 0 Å². The highest BCUT2D eigenvalue weighted by Gasteiger charge is 2.15. The summed E-state index contributed by atoms with van der Waals surface area (Å²) < 4.78 is 10.9. The first-order chi connectivity index (χ1) is 7.40. The molecule has 0 aliphatic carbocycles. The molecule has 0 atom stereocenters. The van der Waals surface area contributed by atoms with E-state index in [1.807, 2.05) is 0 Å². The molecule has 0 fully saturated rings. The van der Waals surface area contributed by atoms with Crippen molar-refractivity contribution < 1.29 is 14.6 Å². The predicted octanol–water partition coefficient (Wildman–Crippen LogP) is 0.0867. The number of aliphatic hydroxyl groups is 1. The second kappa shape index (κ2) is 7.20. The Bertz CT molecular complexity index is 337. The number of aromatic nitrogens is 2. The van der Waals surface area contributed by atoms with E-state index in [9.17, 15) is 14.7 Å². The molecule has 0 radical (unpaired) electrons. The Labute approximate surface area is 96.4 Å². The minimum Gasteiger partial charge on any atom is -0.617 e. The maximum atomic E-state index is 10.4. The summed E-state index contributed by atoms with van der Waals surface area (Å²) >= 11 is -0.611. The number of nitrogens with zero attached hydrogens (tertiary/aromatic N) is 3. The van der Waals surface area contributed by atoms with Crippen molar-refractivity contribution in [1.82, 2.24) is 9.55 Å². The van der Waals surface area contributed by atoms with Crippen LogP contribution in [0.15, 0.2) is 6.20 Å². The molecule has 1 aromatic heterocycles. The van der Waals surface area contributed by atoms with E-state index >= 15 is 0 Å². The zero-order chi connectivity index (χ0) is 12.7. The normalized spacial score (nSPS) is 9.88. The lowest BCUT2D eigenvalue weighted by molar-refractivity contribution is -0.392. The fourth-order valence-corrected chi connectivity index (χ4v) is 0.978. The van der Waals surface area contributed by atoms with Gasteiger partial charge in [0.2, 0.25) is 0 Å². The summed E-state index contributed by atoms with van der Waals surface area (Å²) in [6.45, 7) is 1.74. The number of aryl methyl sites for hydroxylation is 1. The quantitative estimate of drug-likeness (QED) is 0.464. The number of hydrogen-bond donors (Lipinski definition) is 1. The highest BCUT2D eigenvalue weighted by Crippen LogP contribution is 2.12. The van der Waals surface area contributed by atoms with E-state index < -0.39 is 16.1 Å². The summed E-state index contributed by atoms with van der Waals surface area (Å²) in [7, 11) is 0. The summed E-state index contributed by atoms with van der Waals surface area (Å²) in [5, 5.41) is 19.0. The Balaban J connectivity index is 0.000000487. The Kier molecular flexibility index (Phi) is 6.70. The van der Waals surface area contributed by atoms with E-state index in [0.717, 1.165) is 0 Å². The fraction of sp³-hybridized carbons (Fsp3) is 0.625. The van der Waals surface area contributed by atoms with Crippen molar-refractivity contribution in [3.63, 3.8) is 0 Å². The maximum Gasteiger partial charge on any atom is 0.342 e. The maximum absolute atomic E-state index is 10.4. The first-order valence-corrected chi connectivity index (χ1v) is 6.39. The molecule has 0 aliphatic rings. The molecule has 1 rings (SSSR count). The summed E-state index contributed by atoms with van der Waals surface area (Å²) in [6.07, 6.45) is 4.46. The summed E-state index contributed by atoms with van der Waals surface area (Å²) in [5.41, 5.74) is 0. The number of nitro groups is 1. The molecule has 8 heteroatoms. The second-order valence-corrected chi connectivity index (χ2v) is 4.52. The Morgan fingerprint density at radius 2 is 2.12 bits per heavy atom. The molecule has 0 saturated heterocycles. The molecule has 0 unspecified atom stereocenters. The van der Waals surface area contributed by atoms with Gasteiger partial charge in [-0.25, -0.2) is 9.55 Å². The summed E-state index contributed by atoms with van der Waals surface area (Å²) in [5.74, 6) is 0.456. The van der Waals surface area contributed by atoms with E-state index in [2.05, 4.69) is 4.98 Å². The van der Waals surface area contributed by atoms with E-state index in [-0.39, 0.29) is 19.0 Å². The van der Waals surface area contributed by atoms with Gasteiger partial charge in [-0.05, 0) is 4.92 Å². The van der Waals surface area contributed by atoms with Gasteiger partial charge in [0.25, 0.3) is 0 Å². The van der Waals surface area contributed by atoms with Crippen molar-refractivity contribution in [2.75, 3.05) is 19.1 Å². The van der Waals surface area contributed by atoms with E-state index in [4.69, 9.17) is 5.11 Å². The standard InChI is InChI=1S/C6H9N3O3.C2H6OS/c1-5-7-4-6(9(11)12)8(5)2-3-10;1-4(2)3/h4,10H,2-3H2,1H3;1-2H3. The third-order valence-electron chi connectivity index (χ3n) is 1.54. The van der Waals surface area contributed by atoms with E-state index in [1.165, 1.54) is 10.8 Å². The zero-order valence-electron chi connectivity index (χ0n) is 9.41. The van der Waals surface area contributed by atoms with E-state index in [0.29, 0.717) is 5.82 Å². The van der Waals surface area contributed by atoms with Crippen molar-refractivity contribution in [2.24, 2.45) is 0 Å². The van der Waals surface area contributed by atoms with Gasteiger partial charge in [-0.1, -0.05) is 11.2 Å². The Morgan fingerprint density at radius 1 is 1.62 bits per heavy atom. The van der Waals surface area contributed by atoms with Gasteiger partial charge in [0.1, 0.15) is 12.7 Å². The van der Waals surface area contributed by atoms with Gasteiger partial charge in [0, 0.05) is 6.92 Å². The summed E-state index contributed by atoms with van der Waals surface area (Å²) in [6, 6.07) is 0. The molecule has 1 aromatic rings. The van der Waals surface area contributed by atoms with Crippen molar-refractivity contribution in [3.8, 4) is 0 Å². The predicted molar refractivity (Wildman–Crippen MR) is 60.7 cm³/mol. The number of rotatable bonds is 3.